The van der Waals surface area contributed by atoms with Gasteiger partial charge in [-0.1, -0.05) is 30.0 Å². The number of aliphatic hydroxyl groups is 1. The maximum absolute atomic E-state index is 8.96. The van der Waals surface area contributed by atoms with Crippen LogP contribution in [0.3, 0.4) is 0 Å². The minimum absolute atomic E-state index is 0.144. The molecule has 3 N–H and O–H groups in total. The quantitative estimate of drug-likeness (QED) is 0.132. The van der Waals surface area contributed by atoms with Crippen LogP contribution in [0.4, 0.5) is 17.5 Å². The Morgan fingerprint density at radius 3 is 2.53 bits per heavy atom. The highest BCUT2D eigenvalue weighted by atomic mass is 16.5. The van der Waals surface area contributed by atoms with E-state index in [1.54, 1.807) is 38.0 Å². The maximum Gasteiger partial charge on any atom is 0.215 e. The Bertz CT molecular complexity index is 1730. The minimum Gasteiger partial charge on any atom is -0.497 e. The third-order valence-corrected chi connectivity index (χ3v) is 6.46. The van der Waals surface area contributed by atoms with Crippen LogP contribution in [-0.2, 0) is 6.61 Å². The molecule has 0 radical (unpaired) electrons. The zero-order chi connectivity index (χ0) is 29.9. The lowest BCUT2D eigenvalue weighted by Gasteiger charge is -2.11. The molecule has 0 saturated carbocycles. The van der Waals surface area contributed by atoms with Crippen molar-refractivity contribution in [1.29, 1.82) is 0 Å². The Labute approximate surface area is 250 Å². The van der Waals surface area contributed by atoms with Gasteiger partial charge < -0.3 is 30.0 Å². The first kappa shape index (κ1) is 29.1. The van der Waals surface area contributed by atoms with Crippen LogP contribution in [0.5, 0.6) is 17.4 Å². The van der Waals surface area contributed by atoms with E-state index in [0.29, 0.717) is 54.3 Å². The third-order valence-electron chi connectivity index (χ3n) is 6.46. The number of aliphatic hydroxyl groups excluding tert-OH is 1. The fourth-order valence-corrected chi connectivity index (χ4v) is 4.20. The lowest BCUT2D eigenvalue weighted by atomic mass is 10.1. The van der Waals surface area contributed by atoms with Crippen molar-refractivity contribution in [3.8, 4) is 29.2 Å². The molecule has 0 saturated heterocycles. The molecule has 0 aliphatic heterocycles. The predicted molar refractivity (Wildman–Crippen MR) is 166 cm³/mol. The number of methoxy groups -OCH3 is 1. The second-order valence-electron chi connectivity index (χ2n) is 9.41. The molecule has 0 atom stereocenters. The van der Waals surface area contributed by atoms with Gasteiger partial charge in [-0.05, 0) is 48.7 Å². The van der Waals surface area contributed by atoms with Crippen LogP contribution in [0.1, 0.15) is 29.5 Å². The first-order chi connectivity index (χ1) is 21.2. The molecule has 0 fully saturated rings. The van der Waals surface area contributed by atoms with Crippen molar-refractivity contribution in [3.63, 3.8) is 0 Å². The number of benzene rings is 1. The number of nitrogens with one attached hydrogen (secondary N) is 2. The van der Waals surface area contributed by atoms with E-state index in [0.717, 1.165) is 34.1 Å². The molecule has 0 bridgehead atoms. The molecule has 218 valence electrons. The van der Waals surface area contributed by atoms with Crippen molar-refractivity contribution < 1.29 is 19.3 Å². The standard InChI is InChI=1S/C33H32N6O4/c1-34-33-28-20-36-31(38-30-6-5-7-32(39-30)42-17-4-3-16-40)18-27(28)25(19-37-33)11-10-24-14-15-35-21-29(24)43-22-23-8-12-26(41-2)13-9-23/h5-9,12-15,18-21,40H,3-4,16-17,22H2,1-2H3,(H,34,37)(H,36,38,39). The summed E-state index contributed by atoms with van der Waals surface area (Å²) in [6.45, 7) is 0.999. The normalized spacial score (nSPS) is 10.5. The summed E-state index contributed by atoms with van der Waals surface area (Å²) in [4.78, 5) is 17.9. The van der Waals surface area contributed by atoms with Crippen molar-refractivity contribution >= 4 is 28.2 Å². The molecule has 0 amide bonds. The molecule has 0 unspecified atom stereocenters. The highest BCUT2D eigenvalue weighted by Crippen LogP contribution is 2.27. The molecule has 4 aromatic heterocycles. The van der Waals surface area contributed by atoms with Crippen LogP contribution >= 0.6 is 0 Å². The third kappa shape index (κ3) is 7.67. The largest absolute Gasteiger partial charge is 0.497 e. The Balaban J connectivity index is 1.38. The topological polar surface area (TPSA) is 124 Å². The summed E-state index contributed by atoms with van der Waals surface area (Å²) in [5, 5.41) is 17.0. The second-order valence-corrected chi connectivity index (χ2v) is 9.41. The van der Waals surface area contributed by atoms with Crippen LogP contribution in [-0.4, -0.2) is 52.4 Å². The smallest absolute Gasteiger partial charge is 0.215 e. The van der Waals surface area contributed by atoms with E-state index in [4.69, 9.17) is 19.3 Å². The molecule has 1 aromatic carbocycles. The van der Waals surface area contributed by atoms with Gasteiger partial charge in [0.15, 0.2) is 5.75 Å². The molecule has 0 aliphatic carbocycles. The van der Waals surface area contributed by atoms with Gasteiger partial charge in [-0.3, -0.25) is 4.98 Å². The summed E-state index contributed by atoms with van der Waals surface area (Å²) >= 11 is 0. The average molecular weight is 577 g/mol. The average Bonchev–Trinajstić information content (AvgIpc) is 3.05. The molecule has 5 rings (SSSR count). The molecule has 43 heavy (non-hydrogen) atoms. The van der Waals surface area contributed by atoms with E-state index in [-0.39, 0.29) is 6.61 Å². The van der Waals surface area contributed by atoms with E-state index >= 15 is 0 Å². The van der Waals surface area contributed by atoms with Gasteiger partial charge in [-0.2, -0.15) is 4.98 Å². The number of unbranched alkanes of at least 4 members (excludes halogenated alkanes) is 1. The number of fused-ring (bicyclic) bond motifs is 1. The van der Waals surface area contributed by atoms with Gasteiger partial charge in [-0.25, -0.2) is 9.97 Å². The van der Waals surface area contributed by atoms with Gasteiger partial charge >= 0.3 is 0 Å². The van der Waals surface area contributed by atoms with Gasteiger partial charge in [0.25, 0.3) is 0 Å². The summed E-state index contributed by atoms with van der Waals surface area (Å²) in [6, 6.07) is 17.0. The van der Waals surface area contributed by atoms with Crippen molar-refractivity contribution in [3.05, 3.63) is 96.1 Å². The fourth-order valence-electron chi connectivity index (χ4n) is 4.20. The summed E-state index contributed by atoms with van der Waals surface area (Å²) in [7, 11) is 3.46. The van der Waals surface area contributed by atoms with Crippen molar-refractivity contribution in [2.24, 2.45) is 0 Å². The van der Waals surface area contributed by atoms with Crippen molar-refractivity contribution in [1.82, 2.24) is 19.9 Å². The summed E-state index contributed by atoms with van der Waals surface area (Å²) in [5.74, 6) is 10.3. The summed E-state index contributed by atoms with van der Waals surface area (Å²) in [5.41, 5.74) is 2.44. The van der Waals surface area contributed by atoms with Crippen LogP contribution in [0, 0.1) is 11.8 Å². The van der Waals surface area contributed by atoms with E-state index < -0.39 is 0 Å². The molecule has 5 aromatic rings. The van der Waals surface area contributed by atoms with Gasteiger partial charge in [0.05, 0.1) is 31.0 Å². The van der Waals surface area contributed by atoms with Crippen molar-refractivity contribution in [2.45, 2.75) is 19.4 Å². The Morgan fingerprint density at radius 2 is 1.72 bits per heavy atom. The molecule has 4 heterocycles. The van der Waals surface area contributed by atoms with Crippen molar-refractivity contribution in [2.75, 3.05) is 38.0 Å². The Morgan fingerprint density at radius 1 is 0.860 bits per heavy atom. The molecular weight excluding hydrogens is 544 g/mol. The number of aromatic nitrogens is 4. The van der Waals surface area contributed by atoms with E-state index in [1.165, 1.54) is 0 Å². The van der Waals surface area contributed by atoms with Gasteiger partial charge in [0.2, 0.25) is 5.88 Å². The number of nitrogens with zero attached hydrogens (tertiary/aromatic N) is 4. The number of pyridine rings is 4. The Kier molecular flexibility index (Phi) is 9.80. The molecule has 0 aliphatic rings. The SMILES string of the molecule is CNc1ncc(C#Cc2ccncc2OCc2ccc(OC)cc2)c2cc(Nc3cccc(OCCCCO)n3)ncc12. The predicted octanol–water partition coefficient (Wildman–Crippen LogP) is 5.34. The second kappa shape index (κ2) is 14.5. The monoisotopic (exact) mass is 576 g/mol. The Hall–Kier alpha value is -5.40. The van der Waals surface area contributed by atoms with E-state index in [9.17, 15) is 0 Å². The van der Waals surface area contributed by atoms with Crippen LogP contribution < -0.4 is 24.8 Å². The zero-order valence-corrected chi connectivity index (χ0v) is 24.0. The van der Waals surface area contributed by atoms with Gasteiger partial charge in [0, 0.05) is 49.1 Å². The molecule has 10 heteroatoms. The molecule has 10 nitrogen and oxygen atoms in total. The summed E-state index contributed by atoms with van der Waals surface area (Å²) < 4.78 is 17.0. The number of hydrogen-bond donors (Lipinski definition) is 3. The fraction of sp³-hybridized carbons (Fsp3) is 0.212. The molecule has 0 spiro atoms. The van der Waals surface area contributed by atoms with Gasteiger partial charge in [-0.15, -0.1) is 0 Å². The first-order valence-corrected chi connectivity index (χ1v) is 13.8. The first-order valence-electron chi connectivity index (χ1n) is 13.8. The van der Waals surface area contributed by atoms with Crippen LogP contribution in [0.15, 0.2) is 79.4 Å². The van der Waals surface area contributed by atoms with E-state index in [2.05, 4.69) is 42.4 Å². The number of anilines is 3. The molecular formula is C33H32N6O4. The number of ether oxygens (including phenoxy) is 3. The lowest BCUT2D eigenvalue weighted by Crippen LogP contribution is -2.02. The highest BCUT2D eigenvalue weighted by molar-refractivity contribution is 5.96. The van der Waals surface area contributed by atoms with E-state index in [1.807, 2.05) is 55.6 Å². The minimum atomic E-state index is 0.144. The van der Waals surface area contributed by atoms with Crippen LogP contribution in [0.2, 0.25) is 0 Å². The number of rotatable bonds is 12. The highest BCUT2D eigenvalue weighted by Gasteiger charge is 2.10. The zero-order valence-electron chi connectivity index (χ0n) is 24.0. The summed E-state index contributed by atoms with van der Waals surface area (Å²) in [6.07, 6.45) is 8.29. The van der Waals surface area contributed by atoms with Gasteiger partial charge in [0.1, 0.15) is 29.8 Å². The van der Waals surface area contributed by atoms with Crippen LogP contribution in [0.25, 0.3) is 10.8 Å². The maximum atomic E-state index is 8.96. The number of hydrogen-bond acceptors (Lipinski definition) is 10. The lowest BCUT2D eigenvalue weighted by molar-refractivity contribution is 0.249.